The summed E-state index contributed by atoms with van der Waals surface area (Å²) >= 11 is 12.0. The van der Waals surface area contributed by atoms with Gasteiger partial charge in [0, 0.05) is 16.0 Å². The first kappa shape index (κ1) is 26.1. The molecule has 0 aliphatic rings. The number of pyridine rings is 1. The molecule has 0 saturated heterocycles. The predicted molar refractivity (Wildman–Crippen MR) is 142 cm³/mol. The number of methoxy groups -OCH3 is 3. The molecule has 10 heteroatoms. The van der Waals surface area contributed by atoms with Crippen LogP contribution in [0.3, 0.4) is 0 Å². The Kier molecular flexibility index (Phi) is 8.01. The lowest BCUT2D eigenvalue weighted by atomic mass is 10.0. The molecule has 1 N–H and O–H groups in total. The highest BCUT2D eigenvalue weighted by Gasteiger charge is 2.20. The van der Waals surface area contributed by atoms with E-state index in [1.54, 1.807) is 48.5 Å². The highest BCUT2D eigenvalue weighted by Crippen LogP contribution is 2.41. The fraction of sp³-hybridized carbons (Fsp3) is 0.148. The minimum atomic E-state index is -0.690. The van der Waals surface area contributed by atoms with Crippen molar-refractivity contribution >= 4 is 51.7 Å². The molecule has 0 atom stereocenters. The zero-order valence-electron chi connectivity index (χ0n) is 20.1. The van der Waals surface area contributed by atoms with E-state index in [4.69, 9.17) is 47.1 Å². The summed E-state index contributed by atoms with van der Waals surface area (Å²) in [5, 5.41) is 3.87. The largest absolute Gasteiger partial charge is 0.493 e. The van der Waals surface area contributed by atoms with Gasteiger partial charge in [0.15, 0.2) is 18.1 Å². The van der Waals surface area contributed by atoms with Crippen LogP contribution in [0.25, 0.3) is 22.2 Å². The van der Waals surface area contributed by atoms with Crippen molar-refractivity contribution in [2.75, 3.05) is 33.3 Å². The Bertz CT molecular complexity index is 1470. The number of halogens is 2. The molecule has 8 nitrogen and oxygen atoms in total. The first-order valence-corrected chi connectivity index (χ1v) is 11.7. The van der Waals surface area contributed by atoms with E-state index < -0.39 is 18.5 Å². The van der Waals surface area contributed by atoms with Gasteiger partial charge in [0.1, 0.15) is 0 Å². The normalized spacial score (nSPS) is 10.6. The van der Waals surface area contributed by atoms with Crippen molar-refractivity contribution in [2.24, 2.45) is 0 Å². The first-order chi connectivity index (χ1) is 17.8. The van der Waals surface area contributed by atoms with Gasteiger partial charge in [-0.15, -0.1) is 0 Å². The molecule has 0 aliphatic carbocycles. The maximum Gasteiger partial charge on any atom is 0.339 e. The Morgan fingerprint density at radius 3 is 2.24 bits per heavy atom. The number of aromatic nitrogens is 1. The third-order valence-corrected chi connectivity index (χ3v) is 5.98. The van der Waals surface area contributed by atoms with Crippen molar-refractivity contribution in [2.45, 2.75) is 0 Å². The molecule has 0 fully saturated rings. The summed E-state index contributed by atoms with van der Waals surface area (Å²) in [6.07, 6.45) is 0. The van der Waals surface area contributed by atoms with Crippen molar-refractivity contribution in [3.63, 3.8) is 0 Å². The molecular weight excluding hydrogens is 519 g/mol. The van der Waals surface area contributed by atoms with Gasteiger partial charge in [0.2, 0.25) is 5.75 Å². The predicted octanol–water partition coefficient (Wildman–Crippen LogP) is 6.03. The Morgan fingerprint density at radius 1 is 0.892 bits per heavy atom. The molecule has 37 heavy (non-hydrogen) atoms. The third kappa shape index (κ3) is 5.71. The number of carbonyl (C=O) groups is 2. The van der Waals surface area contributed by atoms with Gasteiger partial charge in [-0.25, -0.2) is 9.78 Å². The number of nitrogens with one attached hydrogen (secondary N) is 1. The molecule has 0 bridgehead atoms. The van der Waals surface area contributed by atoms with Crippen LogP contribution in [-0.4, -0.2) is 44.8 Å². The second-order valence-corrected chi connectivity index (χ2v) is 8.58. The molecule has 3 aromatic carbocycles. The van der Waals surface area contributed by atoms with E-state index in [1.807, 2.05) is 6.07 Å². The number of nitrogens with zero attached hydrogens (tertiary/aromatic N) is 1. The molecular formula is C27H22Cl2N2O6. The summed E-state index contributed by atoms with van der Waals surface area (Å²) in [4.78, 5) is 30.2. The average molecular weight is 541 g/mol. The maximum atomic E-state index is 13.1. The van der Waals surface area contributed by atoms with Crippen molar-refractivity contribution in [1.29, 1.82) is 0 Å². The highest BCUT2D eigenvalue weighted by molar-refractivity contribution is 6.36. The maximum absolute atomic E-state index is 13.1. The third-order valence-electron chi connectivity index (χ3n) is 5.44. The van der Waals surface area contributed by atoms with Gasteiger partial charge < -0.3 is 24.3 Å². The second kappa shape index (κ2) is 11.4. The van der Waals surface area contributed by atoms with E-state index in [0.717, 1.165) is 0 Å². The van der Waals surface area contributed by atoms with Crippen LogP contribution in [0.1, 0.15) is 10.4 Å². The molecule has 4 rings (SSSR count). The van der Waals surface area contributed by atoms with E-state index in [-0.39, 0.29) is 10.6 Å². The standard InChI is InChI=1S/C27H22Cl2N2O6/c1-34-23-10-15(11-24(35-2)26(23)36-3)22-13-18(17-6-4-5-7-20(17)30-22)27(33)37-14-25(32)31-21-9-8-16(28)12-19(21)29/h4-13H,14H2,1-3H3,(H,31,32). The number of hydrogen-bond acceptors (Lipinski definition) is 7. The minimum Gasteiger partial charge on any atom is -0.493 e. The van der Waals surface area contributed by atoms with Gasteiger partial charge in [-0.05, 0) is 42.5 Å². The number of hydrogen-bond donors (Lipinski definition) is 1. The molecule has 0 unspecified atom stereocenters. The Morgan fingerprint density at radius 2 is 1.59 bits per heavy atom. The molecule has 1 amide bonds. The topological polar surface area (TPSA) is 96.0 Å². The van der Waals surface area contributed by atoms with Crippen molar-refractivity contribution in [1.82, 2.24) is 4.98 Å². The number of rotatable bonds is 8. The molecule has 1 aromatic heterocycles. The van der Waals surface area contributed by atoms with Gasteiger partial charge in [0.25, 0.3) is 5.91 Å². The quantitative estimate of drug-likeness (QED) is 0.272. The first-order valence-electron chi connectivity index (χ1n) is 11.0. The van der Waals surface area contributed by atoms with Gasteiger partial charge in [0.05, 0.1) is 48.8 Å². The van der Waals surface area contributed by atoms with E-state index in [1.165, 1.54) is 27.4 Å². The SMILES string of the molecule is COc1cc(-c2cc(C(=O)OCC(=O)Nc3ccc(Cl)cc3Cl)c3ccccc3n2)cc(OC)c1OC. The van der Waals surface area contributed by atoms with Gasteiger partial charge >= 0.3 is 5.97 Å². The summed E-state index contributed by atoms with van der Waals surface area (Å²) < 4.78 is 21.6. The van der Waals surface area contributed by atoms with Crippen LogP contribution >= 0.6 is 23.2 Å². The van der Waals surface area contributed by atoms with Gasteiger partial charge in [-0.2, -0.15) is 0 Å². The number of fused-ring (bicyclic) bond motifs is 1. The summed E-state index contributed by atoms with van der Waals surface area (Å²) in [5.41, 5.74) is 2.27. The number of ether oxygens (including phenoxy) is 4. The number of carbonyl (C=O) groups excluding carboxylic acids is 2. The Labute approximate surface area is 223 Å². The van der Waals surface area contributed by atoms with E-state index in [2.05, 4.69) is 5.32 Å². The zero-order valence-corrected chi connectivity index (χ0v) is 21.6. The van der Waals surface area contributed by atoms with Gasteiger partial charge in [-0.1, -0.05) is 41.4 Å². The van der Waals surface area contributed by atoms with Crippen molar-refractivity contribution in [3.05, 3.63) is 76.3 Å². The number of amides is 1. The smallest absolute Gasteiger partial charge is 0.339 e. The number of para-hydroxylation sites is 1. The Hall–Kier alpha value is -4.01. The monoisotopic (exact) mass is 540 g/mol. The minimum absolute atomic E-state index is 0.242. The average Bonchev–Trinajstić information content (AvgIpc) is 2.91. The molecule has 0 aliphatic heterocycles. The Balaban J connectivity index is 1.64. The number of esters is 1. The molecule has 190 valence electrons. The summed E-state index contributed by atoms with van der Waals surface area (Å²) in [5.74, 6) is 0.0633. The lowest BCUT2D eigenvalue weighted by molar-refractivity contribution is -0.119. The molecule has 4 aromatic rings. The van der Waals surface area contributed by atoms with Crippen molar-refractivity contribution in [3.8, 4) is 28.5 Å². The number of benzene rings is 3. The molecule has 0 saturated carbocycles. The molecule has 0 radical (unpaired) electrons. The van der Waals surface area contributed by atoms with Crippen LogP contribution in [0.5, 0.6) is 17.2 Å². The van der Waals surface area contributed by atoms with E-state index >= 15 is 0 Å². The van der Waals surface area contributed by atoms with Crippen LogP contribution in [0.15, 0.2) is 60.7 Å². The lowest BCUT2D eigenvalue weighted by Crippen LogP contribution is -2.21. The second-order valence-electron chi connectivity index (χ2n) is 7.73. The van der Waals surface area contributed by atoms with Crippen molar-refractivity contribution < 1.29 is 28.5 Å². The highest BCUT2D eigenvalue weighted by atomic mass is 35.5. The molecule has 1 heterocycles. The van der Waals surface area contributed by atoms with Crippen LogP contribution in [0.2, 0.25) is 10.0 Å². The van der Waals surface area contributed by atoms with E-state index in [0.29, 0.717) is 50.1 Å². The lowest BCUT2D eigenvalue weighted by Gasteiger charge is -2.15. The summed E-state index contributed by atoms with van der Waals surface area (Å²) in [6.45, 7) is -0.520. The van der Waals surface area contributed by atoms with Gasteiger partial charge in [-0.3, -0.25) is 4.79 Å². The summed E-state index contributed by atoms with van der Waals surface area (Å²) in [6, 6.07) is 16.8. The number of anilines is 1. The van der Waals surface area contributed by atoms with Crippen LogP contribution in [0, 0.1) is 0 Å². The summed E-state index contributed by atoms with van der Waals surface area (Å²) in [7, 11) is 4.54. The fourth-order valence-corrected chi connectivity index (χ4v) is 4.16. The molecule has 0 spiro atoms. The van der Waals surface area contributed by atoms with Crippen LogP contribution in [-0.2, 0) is 9.53 Å². The fourth-order valence-electron chi connectivity index (χ4n) is 3.71. The van der Waals surface area contributed by atoms with Crippen LogP contribution in [0.4, 0.5) is 5.69 Å². The van der Waals surface area contributed by atoms with E-state index in [9.17, 15) is 9.59 Å². The van der Waals surface area contributed by atoms with Crippen LogP contribution < -0.4 is 19.5 Å². The zero-order chi connectivity index (χ0) is 26.5.